The predicted molar refractivity (Wildman–Crippen MR) is 82.7 cm³/mol. The highest BCUT2D eigenvalue weighted by Crippen LogP contribution is 2.27. The zero-order valence-corrected chi connectivity index (χ0v) is 12.7. The molecule has 2 heterocycles. The Morgan fingerprint density at radius 3 is 2.91 bits per heavy atom. The molecule has 22 heavy (non-hydrogen) atoms. The summed E-state index contributed by atoms with van der Waals surface area (Å²) in [6, 6.07) is 6.40. The van der Waals surface area contributed by atoms with Crippen molar-refractivity contribution in [3.05, 3.63) is 42.1 Å². The Labute approximate surface area is 129 Å². The monoisotopic (exact) mass is 301 g/mol. The predicted octanol–water partition coefficient (Wildman–Crippen LogP) is 2.78. The molecule has 1 N–H and O–H groups in total. The van der Waals surface area contributed by atoms with Crippen LogP contribution in [-0.4, -0.2) is 22.0 Å². The molecule has 2 aromatic rings. The van der Waals surface area contributed by atoms with E-state index in [2.05, 4.69) is 14.9 Å². The van der Waals surface area contributed by atoms with Crippen LogP contribution in [0.15, 0.2) is 30.5 Å². The van der Waals surface area contributed by atoms with Gasteiger partial charge in [-0.3, -0.25) is 4.79 Å². The molecule has 0 bridgehead atoms. The molecule has 0 spiro atoms. The zero-order valence-electron chi connectivity index (χ0n) is 12.7. The fraction of sp³-hybridized carbons (Fsp3) is 0.412. The molecule has 0 radical (unpaired) electrons. The van der Waals surface area contributed by atoms with Crippen molar-refractivity contribution >= 4 is 5.91 Å². The minimum absolute atomic E-state index is 0.0209. The van der Waals surface area contributed by atoms with Crippen LogP contribution < -0.4 is 5.32 Å². The second kappa shape index (κ2) is 6.30. The SMILES string of the molecule is CCCNC(=O)C1CCc2ncc(-c3ccc(F)cc3)n2C1. The summed E-state index contributed by atoms with van der Waals surface area (Å²) in [4.78, 5) is 16.6. The van der Waals surface area contributed by atoms with Crippen LogP contribution in [0.3, 0.4) is 0 Å². The number of hydrogen-bond acceptors (Lipinski definition) is 2. The first-order valence-corrected chi connectivity index (χ1v) is 7.77. The van der Waals surface area contributed by atoms with Gasteiger partial charge in [0.25, 0.3) is 0 Å². The number of aryl methyl sites for hydroxylation is 1. The molecule has 0 saturated heterocycles. The Kier molecular flexibility index (Phi) is 4.22. The van der Waals surface area contributed by atoms with E-state index in [1.165, 1.54) is 12.1 Å². The minimum atomic E-state index is -0.251. The third-order valence-electron chi connectivity index (χ3n) is 4.12. The Morgan fingerprint density at radius 1 is 1.41 bits per heavy atom. The number of nitrogens with zero attached hydrogens (tertiary/aromatic N) is 2. The lowest BCUT2D eigenvalue weighted by atomic mass is 9.98. The maximum Gasteiger partial charge on any atom is 0.224 e. The number of hydrogen-bond donors (Lipinski definition) is 1. The summed E-state index contributed by atoms with van der Waals surface area (Å²) in [6.45, 7) is 3.40. The highest BCUT2D eigenvalue weighted by atomic mass is 19.1. The molecule has 3 rings (SSSR count). The standard InChI is InChI=1S/C17H20FN3O/c1-2-9-19-17(22)13-5-8-16-20-10-15(21(16)11-13)12-3-6-14(18)7-4-12/h3-4,6-7,10,13H,2,5,8-9,11H2,1H3,(H,19,22). The Morgan fingerprint density at radius 2 is 2.18 bits per heavy atom. The molecule has 0 aliphatic carbocycles. The molecule has 4 nitrogen and oxygen atoms in total. The van der Waals surface area contributed by atoms with Gasteiger partial charge in [0.1, 0.15) is 11.6 Å². The summed E-state index contributed by atoms with van der Waals surface area (Å²) in [5.74, 6) is 0.844. The van der Waals surface area contributed by atoms with Gasteiger partial charge < -0.3 is 9.88 Å². The number of carbonyl (C=O) groups is 1. The number of imidazole rings is 1. The van der Waals surface area contributed by atoms with Gasteiger partial charge in [0, 0.05) is 19.5 Å². The van der Waals surface area contributed by atoms with E-state index in [1.54, 1.807) is 12.1 Å². The lowest BCUT2D eigenvalue weighted by molar-refractivity contribution is -0.125. The number of benzene rings is 1. The van der Waals surface area contributed by atoms with Crippen molar-refractivity contribution < 1.29 is 9.18 Å². The molecule has 1 aromatic carbocycles. The Balaban J connectivity index is 1.82. The van der Waals surface area contributed by atoms with Crippen molar-refractivity contribution in [1.82, 2.24) is 14.9 Å². The van der Waals surface area contributed by atoms with Crippen LogP contribution in [0.25, 0.3) is 11.3 Å². The van der Waals surface area contributed by atoms with Gasteiger partial charge in [-0.25, -0.2) is 9.37 Å². The van der Waals surface area contributed by atoms with Gasteiger partial charge in [0.2, 0.25) is 5.91 Å². The average Bonchev–Trinajstić information content (AvgIpc) is 2.96. The van der Waals surface area contributed by atoms with E-state index in [1.807, 2.05) is 13.1 Å². The van der Waals surface area contributed by atoms with Gasteiger partial charge in [-0.2, -0.15) is 0 Å². The van der Waals surface area contributed by atoms with E-state index in [0.717, 1.165) is 42.9 Å². The first-order valence-electron chi connectivity index (χ1n) is 7.77. The van der Waals surface area contributed by atoms with Gasteiger partial charge in [-0.05, 0) is 42.7 Å². The fourth-order valence-corrected chi connectivity index (χ4v) is 2.89. The summed E-state index contributed by atoms with van der Waals surface area (Å²) in [6.07, 6.45) is 4.38. The number of carbonyl (C=O) groups excluding carboxylic acids is 1. The second-order valence-electron chi connectivity index (χ2n) is 5.70. The quantitative estimate of drug-likeness (QED) is 0.944. The zero-order chi connectivity index (χ0) is 15.5. The minimum Gasteiger partial charge on any atom is -0.356 e. The van der Waals surface area contributed by atoms with Gasteiger partial charge in [0.05, 0.1) is 17.8 Å². The van der Waals surface area contributed by atoms with Crippen LogP contribution >= 0.6 is 0 Å². The van der Waals surface area contributed by atoms with Crippen molar-refractivity contribution in [2.75, 3.05) is 6.54 Å². The highest BCUT2D eigenvalue weighted by molar-refractivity contribution is 5.78. The number of halogens is 1. The van der Waals surface area contributed by atoms with Gasteiger partial charge >= 0.3 is 0 Å². The molecular weight excluding hydrogens is 281 g/mol. The van der Waals surface area contributed by atoms with E-state index in [-0.39, 0.29) is 17.6 Å². The van der Waals surface area contributed by atoms with Crippen molar-refractivity contribution in [1.29, 1.82) is 0 Å². The molecule has 5 heteroatoms. The summed E-state index contributed by atoms with van der Waals surface area (Å²) < 4.78 is 15.2. The van der Waals surface area contributed by atoms with Crippen LogP contribution in [0.1, 0.15) is 25.6 Å². The highest BCUT2D eigenvalue weighted by Gasteiger charge is 2.26. The van der Waals surface area contributed by atoms with Crippen LogP contribution in [-0.2, 0) is 17.8 Å². The molecule has 0 fully saturated rings. The van der Waals surface area contributed by atoms with E-state index in [9.17, 15) is 9.18 Å². The first kappa shape index (κ1) is 14.8. The van der Waals surface area contributed by atoms with Gasteiger partial charge in [-0.1, -0.05) is 6.92 Å². The van der Waals surface area contributed by atoms with Gasteiger partial charge in [-0.15, -0.1) is 0 Å². The first-order chi connectivity index (χ1) is 10.7. The third kappa shape index (κ3) is 2.89. The smallest absolute Gasteiger partial charge is 0.224 e. The van der Waals surface area contributed by atoms with Gasteiger partial charge in [0.15, 0.2) is 0 Å². The number of nitrogens with one attached hydrogen (secondary N) is 1. The molecule has 0 saturated carbocycles. The normalized spacial score (nSPS) is 17.1. The molecule has 1 aliphatic rings. The fourth-order valence-electron chi connectivity index (χ4n) is 2.89. The summed E-state index contributed by atoms with van der Waals surface area (Å²) in [5, 5.41) is 2.97. The number of fused-ring (bicyclic) bond motifs is 1. The van der Waals surface area contributed by atoms with Crippen molar-refractivity contribution in [2.24, 2.45) is 5.92 Å². The molecule has 1 unspecified atom stereocenters. The second-order valence-corrected chi connectivity index (χ2v) is 5.70. The van der Waals surface area contributed by atoms with Crippen LogP contribution in [0.4, 0.5) is 4.39 Å². The number of rotatable bonds is 4. The molecule has 1 aliphatic heterocycles. The number of amides is 1. The summed E-state index contributed by atoms with van der Waals surface area (Å²) >= 11 is 0. The van der Waals surface area contributed by atoms with E-state index >= 15 is 0 Å². The maximum atomic E-state index is 13.1. The topological polar surface area (TPSA) is 46.9 Å². The largest absolute Gasteiger partial charge is 0.356 e. The third-order valence-corrected chi connectivity index (χ3v) is 4.12. The summed E-state index contributed by atoms with van der Waals surface area (Å²) in [7, 11) is 0. The van der Waals surface area contributed by atoms with Crippen molar-refractivity contribution in [2.45, 2.75) is 32.7 Å². The van der Waals surface area contributed by atoms with E-state index in [0.29, 0.717) is 6.54 Å². The molecule has 1 atom stereocenters. The molecule has 1 aromatic heterocycles. The van der Waals surface area contributed by atoms with Crippen LogP contribution in [0, 0.1) is 11.7 Å². The van der Waals surface area contributed by atoms with Crippen LogP contribution in [0.5, 0.6) is 0 Å². The van der Waals surface area contributed by atoms with Crippen molar-refractivity contribution in [3.8, 4) is 11.3 Å². The molecular formula is C17H20FN3O. The maximum absolute atomic E-state index is 13.1. The molecule has 1 amide bonds. The average molecular weight is 301 g/mol. The Hall–Kier alpha value is -2.17. The van der Waals surface area contributed by atoms with E-state index < -0.39 is 0 Å². The molecule has 116 valence electrons. The lowest BCUT2D eigenvalue weighted by Crippen LogP contribution is -2.36. The number of aromatic nitrogens is 2. The summed E-state index contributed by atoms with van der Waals surface area (Å²) in [5.41, 5.74) is 1.87. The van der Waals surface area contributed by atoms with Crippen LogP contribution in [0.2, 0.25) is 0 Å². The van der Waals surface area contributed by atoms with Crippen molar-refractivity contribution in [3.63, 3.8) is 0 Å². The Bertz CT molecular complexity index is 663. The lowest BCUT2D eigenvalue weighted by Gasteiger charge is -2.24. The van der Waals surface area contributed by atoms with E-state index in [4.69, 9.17) is 0 Å².